The average molecular weight is 337 g/mol. The number of hydrogen-bond donors (Lipinski definition) is 0. The fourth-order valence-electron chi connectivity index (χ4n) is 1.84. The van der Waals surface area contributed by atoms with Crippen molar-refractivity contribution in [3.63, 3.8) is 0 Å². The lowest BCUT2D eigenvalue weighted by Crippen LogP contribution is -2.50. The Morgan fingerprint density at radius 2 is 1.94 bits per heavy atom. The normalized spacial score (nSPS) is 18.0. The van der Waals surface area contributed by atoms with Crippen LogP contribution in [0.2, 0.25) is 0 Å². The minimum Gasteiger partial charge on any atom is -0.457 e. The highest BCUT2D eigenvalue weighted by Gasteiger charge is 2.27. The molecule has 1 fully saturated rings. The first kappa shape index (κ1) is 13.6. The van der Waals surface area contributed by atoms with E-state index in [0.717, 1.165) is 0 Å². The fourth-order valence-corrected chi connectivity index (χ4v) is 3.08. The largest absolute Gasteiger partial charge is 0.457 e. The standard InChI is InChI=1S/C10H13BrN2O4S/c1-18(15,16)13-5-3-12(4-6-13)10(14)8-2-7-17-9(8)11/h2,7H,3-6H2,1H3. The van der Waals surface area contributed by atoms with Crippen LogP contribution in [0.3, 0.4) is 0 Å². The van der Waals surface area contributed by atoms with Crippen molar-refractivity contribution in [1.82, 2.24) is 9.21 Å². The number of carbonyl (C=O) groups is 1. The van der Waals surface area contributed by atoms with Gasteiger partial charge in [0.1, 0.15) is 0 Å². The maximum Gasteiger partial charge on any atom is 0.258 e. The second kappa shape index (κ2) is 5.02. The van der Waals surface area contributed by atoms with E-state index in [1.54, 1.807) is 11.0 Å². The molecule has 2 rings (SSSR count). The average Bonchev–Trinajstić information content (AvgIpc) is 2.73. The van der Waals surface area contributed by atoms with Crippen molar-refractivity contribution < 1.29 is 17.6 Å². The van der Waals surface area contributed by atoms with Gasteiger partial charge >= 0.3 is 0 Å². The quantitative estimate of drug-likeness (QED) is 0.799. The van der Waals surface area contributed by atoms with Crippen molar-refractivity contribution >= 4 is 31.9 Å². The molecular weight excluding hydrogens is 324 g/mol. The Morgan fingerprint density at radius 3 is 2.39 bits per heavy atom. The Bertz CT molecular complexity index is 546. The lowest BCUT2D eigenvalue weighted by Gasteiger charge is -2.33. The van der Waals surface area contributed by atoms with Gasteiger partial charge in [-0.1, -0.05) is 0 Å². The van der Waals surface area contributed by atoms with Gasteiger partial charge in [0.05, 0.1) is 18.1 Å². The molecule has 0 unspecified atom stereocenters. The molecule has 1 saturated heterocycles. The number of amides is 1. The van der Waals surface area contributed by atoms with Gasteiger partial charge in [-0.2, -0.15) is 4.31 Å². The first-order valence-corrected chi connectivity index (χ1v) is 8.01. The number of nitrogens with zero attached hydrogens (tertiary/aromatic N) is 2. The summed E-state index contributed by atoms with van der Waals surface area (Å²) in [6, 6.07) is 1.59. The van der Waals surface area contributed by atoms with Crippen LogP contribution in [0, 0.1) is 0 Å². The summed E-state index contributed by atoms with van der Waals surface area (Å²) in [5.41, 5.74) is 0.461. The Balaban J connectivity index is 2.03. The van der Waals surface area contributed by atoms with E-state index in [1.165, 1.54) is 16.8 Å². The molecule has 1 amide bonds. The lowest BCUT2D eigenvalue weighted by atomic mass is 10.2. The summed E-state index contributed by atoms with van der Waals surface area (Å²) in [6.45, 7) is 1.45. The highest BCUT2D eigenvalue weighted by molar-refractivity contribution is 9.10. The highest BCUT2D eigenvalue weighted by atomic mass is 79.9. The van der Waals surface area contributed by atoms with Crippen LogP contribution in [0.25, 0.3) is 0 Å². The number of rotatable bonds is 2. The van der Waals surface area contributed by atoms with Gasteiger partial charge in [-0.15, -0.1) is 0 Å². The van der Waals surface area contributed by atoms with Crippen molar-refractivity contribution in [3.05, 3.63) is 22.6 Å². The van der Waals surface area contributed by atoms with Crippen LogP contribution in [0.1, 0.15) is 10.4 Å². The second-order valence-corrected chi connectivity index (χ2v) is 6.76. The molecule has 0 radical (unpaired) electrons. The van der Waals surface area contributed by atoms with Crippen LogP contribution >= 0.6 is 15.9 Å². The van der Waals surface area contributed by atoms with Crippen molar-refractivity contribution in [2.75, 3.05) is 32.4 Å². The Kier molecular flexibility index (Phi) is 3.79. The van der Waals surface area contributed by atoms with Crippen LogP contribution in [-0.2, 0) is 10.0 Å². The van der Waals surface area contributed by atoms with Gasteiger partial charge in [-0.3, -0.25) is 4.79 Å². The molecule has 100 valence electrons. The Labute approximate surface area is 114 Å². The van der Waals surface area contributed by atoms with E-state index in [0.29, 0.717) is 36.4 Å². The summed E-state index contributed by atoms with van der Waals surface area (Å²) in [6.07, 6.45) is 2.61. The minimum absolute atomic E-state index is 0.149. The second-order valence-electron chi connectivity index (χ2n) is 4.06. The molecule has 0 saturated carbocycles. The molecule has 1 aliphatic rings. The van der Waals surface area contributed by atoms with Crippen LogP contribution in [0.4, 0.5) is 0 Å². The maximum absolute atomic E-state index is 12.1. The summed E-state index contributed by atoms with van der Waals surface area (Å²) in [7, 11) is -3.17. The summed E-state index contributed by atoms with van der Waals surface area (Å²) in [5, 5.41) is 0. The monoisotopic (exact) mass is 336 g/mol. The van der Waals surface area contributed by atoms with Gasteiger partial charge in [0, 0.05) is 26.2 Å². The molecule has 1 aliphatic heterocycles. The van der Waals surface area contributed by atoms with Crippen molar-refractivity contribution in [3.8, 4) is 0 Å². The summed E-state index contributed by atoms with van der Waals surface area (Å²) in [4.78, 5) is 13.7. The zero-order valence-corrected chi connectivity index (χ0v) is 12.2. The van der Waals surface area contributed by atoms with Crippen LogP contribution < -0.4 is 0 Å². The van der Waals surface area contributed by atoms with Gasteiger partial charge in [0.25, 0.3) is 5.91 Å². The van der Waals surface area contributed by atoms with Gasteiger partial charge < -0.3 is 9.32 Å². The van der Waals surface area contributed by atoms with E-state index in [2.05, 4.69) is 15.9 Å². The fraction of sp³-hybridized carbons (Fsp3) is 0.500. The van der Waals surface area contributed by atoms with Crippen LogP contribution in [0.15, 0.2) is 21.4 Å². The molecule has 0 bridgehead atoms. The molecule has 2 heterocycles. The molecule has 0 atom stereocenters. The highest BCUT2D eigenvalue weighted by Crippen LogP contribution is 2.20. The van der Waals surface area contributed by atoms with Crippen LogP contribution in [0.5, 0.6) is 0 Å². The van der Waals surface area contributed by atoms with Crippen molar-refractivity contribution in [1.29, 1.82) is 0 Å². The van der Waals surface area contributed by atoms with E-state index in [1.807, 2.05) is 0 Å². The van der Waals surface area contributed by atoms with E-state index in [4.69, 9.17) is 4.42 Å². The predicted octanol–water partition coefficient (Wildman–Crippen LogP) is 0.759. The number of piperazine rings is 1. The maximum atomic E-state index is 12.1. The lowest BCUT2D eigenvalue weighted by molar-refractivity contribution is 0.0696. The molecule has 0 spiro atoms. The first-order valence-electron chi connectivity index (χ1n) is 5.37. The molecule has 0 aliphatic carbocycles. The topological polar surface area (TPSA) is 70.8 Å². The summed E-state index contributed by atoms with van der Waals surface area (Å²) in [5.74, 6) is -0.149. The molecule has 6 nitrogen and oxygen atoms in total. The first-order chi connectivity index (χ1) is 8.39. The molecule has 8 heteroatoms. The Morgan fingerprint density at radius 1 is 1.33 bits per heavy atom. The molecule has 0 aromatic carbocycles. The zero-order valence-electron chi connectivity index (χ0n) is 9.80. The summed E-state index contributed by atoms with van der Waals surface area (Å²) >= 11 is 3.16. The zero-order chi connectivity index (χ0) is 13.3. The van der Waals surface area contributed by atoms with Gasteiger partial charge in [0.2, 0.25) is 10.0 Å². The predicted molar refractivity (Wildman–Crippen MR) is 68.7 cm³/mol. The van der Waals surface area contributed by atoms with E-state index < -0.39 is 10.0 Å². The smallest absolute Gasteiger partial charge is 0.258 e. The molecule has 1 aromatic heterocycles. The number of halogens is 1. The van der Waals surface area contributed by atoms with E-state index in [-0.39, 0.29) is 5.91 Å². The van der Waals surface area contributed by atoms with Gasteiger partial charge in [-0.25, -0.2) is 8.42 Å². The van der Waals surface area contributed by atoms with Gasteiger partial charge in [-0.05, 0) is 22.0 Å². The number of hydrogen-bond acceptors (Lipinski definition) is 4. The van der Waals surface area contributed by atoms with E-state index in [9.17, 15) is 13.2 Å². The number of sulfonamides is 1. The molecular formula is C10H13BrN2O4S. The molecule has 0 N–H and O–H groups in total. The molecule has 18 heavy (non-hydrogen) atoms. The Hall–Kier alpha value is -0.860. The SMILES string of the molecule is CS(=O)(=O)N1CCN(C(=O)c2ccoc2Br)CC1. The third kappa shape index (κ3) is 2.76. The van der Waals surface area contributed by atoms with Crippen molar-refractivity contribution in [2.24, 2.45) is 0 Å². The third-order valence-electron chi connectivity index (χ3n) is 2.84. The summed E-state index contributed by atoms with van der Waals surface area (Å²) < 4.78 is 29.5. The van der Waals surface area contributed by atoms with Gasteiger partial charge in [0.15, 0.2) is 4.67 Å². The van der Waals surface area contributed by atoms with Crippen molar-refractivity contribution in [2.45, 2.75) is 0 Å². The molecule has 1 aromatic rings. The number of furan rings is 1. The third-order valence-corrected chi connectivity index (χ3v) is 4.76. The van der Waals surface area contributed by atoms with Crippen LogP contribution in [-0.4, -0.2) is 56.0 Å². The number of carbonyl (C=O) groups excluding carboxylic acids is 1. The minimum atomic E-state index is -3.17. The van der Waals surface area contributed by atoms with E-state index >= 15 is 0 Å².